The third kappa shape index (κ3) is 7.69. The minimum Gasteiger partial charge on any atom is -0.497 e. The number of ether oxygens (including phenoxy) is 3. The Morgan fingerprint density at radius 1 is 1.00 bits per heavy atom. The van der Waals surface area contributed by atoms with E-state index in [1.54, 1.807) is 31.4 Å². The molecule has 1 amide bonds. The Labute approximate surface area is 269 Å². The number of benzene rings is 4. The summed E-state index contributed by atoms with van der Waals surface area (Å²) in [4.78, 5) is 19.4. The van der Waals surface area contributed by atoms with Gasteiger partial charge in [0, 0.05) is 42.1 Å². The first-order valence-corrected chi connectivity index (χ1v) is 15.3. The lowest BCUT2D eigenvalue weighted by molar-refractivity contribution is -0.128. The Balaban J connectivity index is 1.54. The van der Waals surface area contributed by atoms with E-state index in [2.05, 4.69) is 21.2 Å². The largest absolute Gasteiger partial charge is 0.497 e. The number of aliphatic hydroxyl groups excluding tert-OH is 1. The van der Waals surface area contributed by atoms with Gasteiger partial charge < -0.3 is 24.6 Å². The fourth-order valence-corrected chi connectivity index (χ4v) is 5.67. The lowest BCUT2D eigenvalue weighted by Crippen LogP contribution is -2.50. The first-order chi connectivity index (χ1) is 21.8. The van der Waals surface area contributed by atoms with Gasteiger partial charge in [0.1, 0.15) is 23.1 Å². The van der Waals surface area contributed by atoms with Crippen molar-refractivity contribution in [3.8, 4) is 11.5 Å². The van der Waals surface area contributed by atoms with Crippen molar-refractivity contribution in [2.45, 2.75) is 30.9 Å². The summed E-state index contributed by atoms with van der Waals surface area (Å²) in [5.41, 5.74) is 1.13. The molecule has 0 aliphatic carbocycles. The zero-order valence-electron chi connectivity index (χ0n) is 24.6. The van der Waals surface area contributed by atoms with Gasteiger partial charge in [-0.2, -0.15) is 0 Å². The van der Waals surface area contributed by atoms with Gasteiger partial charge in [-0.1, -0.05) is 46.3 Å². The average molecular weight is 680 g/mol. The predicted molar refractivity (Wildman–Crippen MR) is 171 cm³/mol. The van der Waals surface area contributed by atoms with Crippen molar-refractivity contribution in [3.05, 3.63) is 129 Å². The summed E-state index contributed by atoms with van der Waals surface area (Å²) >= 11 is 3.62. The van der Waals surface area contributed by atoms with Crippen molar-refractivity contribution >= 4 is 27.7 Å². The number of aliphatic imine (C=N–C) groups is 1. The monoisotopic (exact) mass is 678 g/mol. The fourth-order valence-electron chi connectivity index (χ4n) is 5.25. The maximum atomic E-state index is 14.4. The molecule has 10 heteroatoms. The van der Waals surface area contributed by atoms with Crippen LogP contribution in [0, 0.1) is 11.6 Å². The van der Waals surface area contributed by atoms with Crippen LogP contribution in [0.15, 0.2) is 100 Å². The summed E-state index contributed by atoms with van der Waals surface area (Å²) in [6, 6.07) is 25.4. The number of rotatable bonds is 13. The van der Waals surface area contributed by atoms with E-state index < -0.39 is 29.2 Å². The molecule has 5 rings (SSSR count). The molecule has 234 valence electrons. The minimum absolute atomic E-state index is 0.0369. The Morgan fingerprint density at radius 2 is 1.76 bits per heavy atom. The van der Waals surface area contributed by atoms with E-state index in [1.165, 1.54) is 12.1 Å². The summed E-state index contributed by atoms with van der Waals surface area (Å²) in [7, 11) is 1.57. The molecule has 0 radical (unpaired) electrons. The smallest absolute Gasteiger partial charge is 0.252 e. The molecule has 0 bridgehead atoms. The van der Waals surface area contributed by atoms with Gasteiger partial charge in [0.2, 0.25) is 5.90 Å². The number of nitrogens with one attached hydrogen (secondary N) is 1. The van der Waals surface area contributed by atoms with Crippen molar-refractivity contribution in [1.82, 2.24) is 5.32 Å². The second-order valence-electron chi connectivity index (χ2n) is 10.6. The van der Waals surface area contributed by atoms with E-state index in [1.807, 2.05) is 48.5 Å². The molecule has 4 aromatic rings. The molecule has 45 heavy (non-hydrogen) atoms. The van der Waals surface area contributed by atoms with Crippen LogP contribution < -0.4 is 14.8 Å². The molecule has 0 unspecified atom stereocenters. The van der Waals surface area contributed by atoms with Gasteiger partial charge in [-0.3, -0.25) is 4.79 Å². The van der Waals surface area contributed by atoms with E-state index in [0.717, 1.165) is 16.1 Å². The molecule has 2 atom stereocenters. The van der Waals surface area contributed by atoms with E-state index in [-0.39, 0.29) is 31.9 Å². The molecule has 1 aliphatic heterocycles. The molecular formula is C35H33BrF2N2O5. The number of methoxy groups -OCH3 is 1. The Bertz CT molecular complexity index is 1650. The van der Waals surface area contributed by atoms with Crippen molar-refractivity contribution in [1.29, 1.82) is 0 Å². The number of halogens is 3. The zero-order valence-corrected chi connectivity index (χ0v) is 26.2. The first kappa shape index (κ1) is 32.1. The van der Waals surface area contributed by atoms with Crippen LogP contribution in [0.25, 0.3) is 0 Å². The maximum absolute atomic E-state index is 14.4. The highest BCUT2D eigenvalue weighted by Gasteiger charge is 2.53. The molecule has 0 spiro atoms. The Hall–Kier alpha value is -4.28. The van der Waals surface area contributed by atoms with Crippen LogP contribution in [0.2, 0.25) is 0 Å². The lowest BCUT2D eigenvalue weighted by Gasteiger charge is -2.31. The van der Waals surface area contributed by atoms with Gasteiger partial charge in [-0.05, 0) is 77.7 Å². The summed E-state index contributed by atoms with van der Waals surface area (Å²) in [5, 5.41) is 12.0. The van der Waals surface area contributed by atoms with Gasteiger partial charge in [-0.25, -0.2) is 13.8 Å². The summed E-state index contributed by atoms with van der Waals surface area (Å²) < 4.78 is 46.2. The van der Waals surface area contributed by atoms with Gasteiger partial charge in [0.25, 0.3) is 5.91 Å². The number of carbonyl (C=O) groups excluding carboxylic acids is 1. The van der Waals surface area contributed by atoms with Crippen LogP contribution in [0.3, 0.4) is 0 Å². The quantitative estimate of drug-likeness (QED) is 0.161. The highest BCUT2D eigenvalue weighted by atomic mass is 79.9. The van der Waals surface area contributed by atoms with Crippen molar-refractivity contribution in [2.75, 3.05) is 26.9 Å². The fraction of sp³-hybridized carbons (Fsp3) is 0.257. The summed E-state index contributed by atoms with van der Waals surface area (Å²) in [6.45, 7) is 0.535. The number of hydrogen-bond acceptors (Lipinski definition) is 6. The molecule has 4 aromatic carbocycles. The molecule has 0 aromatic heterocycles. The highest BCUT2D eigenvalue weighted by Crippen LogP contribution is 2.44. The van der Waals surface area contributed by atoms with Crippen LogP contribution in [-0.4, -0.2) is 49.3 Å². The van der Waals surface area contributed by atoms with Crippen LogP contribution in [0.4, 0.5) is 8.78 Å². The maximum Gasteiger partial charge on any atom is 0.252 e. The van der Waals surface area contributed by atoms with Gasteiger partial charge >= 0.3 is 0 Å². The number of carbonyl (C=O) groups is 1. The Kier molecular flexibility index (Phi) is 10.5. The molecule has 0 saturated heterocycles. The number of amides is 1. The highest BCUT2D eigenvalue weighted by molar-refractivity contribution is 9.10. The third-order valence-electron chi connectivity index (χ3n) is 7.47. The second-order valence-corrected chi connectivity index (χ2v) is 11.5. The minimum atomic E-state index is -1.46. The third-order valence-corrected chi connectivity index (χ3v) is 8.24. The molecule has 0 fully saturated rings. The topological polar surface area (TPSA) is 89.4 Å². The van der Waals surface area contributed by atoms with E-state index in [0.29, 0.717) is 41.2 Å². The number of hydrogen-bond donors (Lipinski definition) is 2. The summed E-state index contributed by atoms with van der Waals surface area (Å²) in [5.74, 6) is -0.259. The standard InChI is InChI=1S/C35H33BrF2N2O5/c1-43-30-8-4-7-25(20-30)32-35(22-26-6-2-3-9-31(26)36,34(42)39-15-14-23-18-27(37)21-28(38)19-23)40-33(45-32)24-10-12-29(13-11-24)44-17-5-16-41/h2-4,6-13,18-21,32,41H,5,14-17,22H2,1H3,(H,39,42)/t32-,35-/m1/s1. The first-order valence-electron chi connectivity index (χ1n) is 14.5. The van der Waals surface area contributed by atoms with E-state index in [4.69, 9.17) is 24.3 Å². The van der Waals surface area contributed by atoms with Crippen LogP contribution in [0.1, 0.15) is 34.8 Å². The van der Waals surface area contributed by atoms with E-state index >= 15 is 0 Å². The zero-order chi connectivity index (χ0) is 31.8. The number of aliphatic hydroxyl groups is 1. The number of nitrogens with zero attached hydrogens (tertiary/aromatic N) is 1. The predicted octanol–water partition coefficient (Wildman–Crippen LogP) is 6.36. The van der Waals surface area contributed by atoms with Crippen molar-refractivity contribution in [2.24, 2.45) is 4.99 Å². The van der Waals surface area contributed by atoms with E-state index in [9.17, 15) is 13.6 Å². The summed E-state index contributed by atoms with van der Waals surface area (Å²) in [6.07, 6.45) is 0.0649. The molecule has 1 aliphatic rings. The van der Waals surface area contributed by atoms with Gasteiger partial charge in [-0.15, -0.1) is 0 Å². The van der Waals surface area contributed by atoms with Crippen molar-refractivity contribution < 1.29 is 32.9 Å². The molecule has 2 N–H and O–H groups in total. The van der Waals surface area contributed by atoms with Crippen LogP contribution >= 0.6 is 15.9 Å². The Morgan fingerprint density at radius 3 is 2.47 bits per heavy atom. The van der Waals surface area contributed by atoms with Crippen LogP contribution in [0.5, 0.6) is 11.5 Å². The van der Waals surface area contributed by atoms with Gasteiger partial charge in [0.15, 0.2) is 11.6 Å². The second kappa shape index (κ2) is 14.7. The molecular weight excluding hydrogens is 646 g/mol. The lowest BCUT2D eigenvalue weighted by atomic mass is 9.82. The normalized spacial score (nSPS) is 17.4. The SMILES string of the molecule is COc1cccc([C@H]2OC(c3ccc(OCCCO)cc3)=N[C@@]2(Cc2ccccc2Br)C(=O)NCCc2cc(F)cc(F)c2)c1. The molecule has 0 saturated carbocycles. The molecule has 1 heterocycles. The van der Waals surface area contributed by atoms with Gasteiger partial charge in [0.05, 0.1) is 13.7 Å². The van der Waals surface area contributed by atoms with Crippen molar-refractivity contribution in [3.63, 3.8) is 0 Å². The van der Waals surface area contributed by atoms with Crippen LogP contribution in [-0.2, 0) is 22.4 Å². The average Bonchev–Trinajstić information content (AvgIpc) is 3.43. The molecule has 7 nitrogen and oxygen atoms in total.